The molecule has 3 nitrogen and oxygen atoms in total. The smallest absolute Gasteiger partial charge is 0.141 e. The number of aromatic nitrogens is 3. The highest BCUT2D eigenvalue weighted by Gasteiger charge is 2.17. The second-order valence-corrected chi connectivity index (χ2v) is 4.24. The molecule has 3 rings (SSSR count). The number of aromatic amines is 1. The van der Waals surface area contributed by atoms with Crippen molar-refractivity contribution in [3.05, 3.63) is 30.4 Å². The van der Waals surface area contributed by atoms with Crippen LogP contribution in [0.15, 0.2) is 24.7 Å². The highest BCUT2D eigenvalue weighted by molar-refractivity contribution is 5.88. The number of nitrogens with zero attached hydrogens (tertiary/aromatic N) is 2. The Morgan fingerprint density at radius 3 is 3.13 bits per heavy atom. The Labute approximate surface area is 88.3 Å². The molecule has 0 radical (unpaired) electrons. The monoisotopic (exact) mass is 199 g/mol. The van der Waals surface area contributed by atoms with Gasteiger partial charge in [-0.1, -0.05) is 13.0 Å². The molecule has 0 bridgehead atoms. The van der Waals surface area contributed by atoms with Crippen LogP contribution in [0.1, 0.15) is 25.5 Å². The number of hydrogen-bond donors (Lipinski definition) is 1. The van der Waals surface area contributed by atoms with E-state index in [2.05, 4.69) is 34.0 Å². The van der Waals surface area contributed by atoms with Gasteiger partial charge in [0, 0.05) is 11.6 Å². The normalized spacial score (nSPS) is 20.9. The lowest BCUT2D eigenvalue weighted by molar-refractivity contribution is 0.642. The molecule has 1 aliphatic rings. The van der Waals surface area contributed by atoms with Crippen molar-refractivity contribution in [2.45, 2.75) is 19.8 Å². The lowest BCUT2D eigenvalue weighted by Gasteiger charge is -2.04. The highest BCUT2D eigenvalue weighted by atomic mass is 14.9. The third kappa shape index (κ3) is 1.35. The van der Waals surface area contributed by atoms with Crippen LogP contribution in [0, 0.1) is 5.92 Å². The summed E-state index contributed by atoms with van der Waals surface area (Å²) in [5, 5.41) is 1.14. The van der Waals surface area contributed by atoms with Gasteiger partial charge in [-0.05, 0) is 30.4 Å². The van der Waals surface area contributed by atoms with Gasteiger partial charge in [-0.15, -0.1) is 0 Å². The Morgan fingerprint density at radius 2 is 2.33 bits per heavy atom. The molecule has 1 N–H and O–H groups in total. The molecule has 1 aliphatic carbocycles. The Hall–Kier alpha value is -1.64. The van der Waals surface area contributed by atoms with Crippen LogP contribution >= 0.6 is 0 Å². The van der Waals surface area contributed by atoms with Gasteiger partial charge < -0.3 is 4.98 Å². The van der Waals surface area contributed by atoms with Gasteiger partial charge in [0.15, 0.2) is 0 Å². The molecular weight excluding hydrogens is 186 g/mol. The van der Waals surface area contributed by atoms with E-state index in [1.807, 2.05) is 6.20 Å². The van der Waals surface area contributed by atoms with Crippen LogP contribution in [-0.4, -0.2) is 15.0 Å². The average Bonchev–Trinajstić information content (AvgIpc) is 2.84. The molecule has 2 heterocycles. The molecule has 0 fully saturated rings. The summed E-state index contributed by atoms with van der Waals surface area (Å²) in [7, 11) is 0. The van der Waals surface area contributed by atoms with E-state index in [0.29, 0.717) is 0 Å². The summed E-state index contributed by atoms with van der Waals surface area (Å²) in [4.78, 5) is 11.7. The van der Waals surface area contributed by atoms with Gasteiger partial charge >= 0.3 is 0 Å². The van der Waals surface area contributed by atoms with Gasteiger partial charge in [-0.25, -0.2) is 9.97 Å². The lowest BCUT2D eigenvalue weighted by atomic mass is 10.0. The Kier molecular flexibility index (Phi) is 1.84. The van der Waals surface area contributed by atoms with Crippen molar-refractivity contribution in [1.29, 1.82) is 0 Å². The van der Waals surface area contributed by atoms with Crippen LogP contribution < -0.4 is 0 Å². The summed E-state index contributed by atoms with van der Waals surface area (Å²) in [6, 6.07) is 2.05. The van der Waals surface area contributed by atoms with Crippen LogP contribution in [0.25, 0.3) is 16.6 Å². The van der Waals surface area contributed by atoms with Crippen molar-refractivity contribution < 1.29 is 0 Å². The molecular formula is C12H13N3. The highest BCUT2D eigenvalue weighted by Crippen LogP contribution is 2.33. The molecule has 2 aromatic rings. The standard InChI is InChI=1S/C12H13N3/c1-8-2-3-9(6-8)11-10-4-5-13-12(10)15-7-14-11/h3-5,7-8H,2,6H2,1H3,(H,13,14,15). The molecule has 1 unspecified atom stereocenters. The maximum Gasteiger partial charge on any atom is 0.141 e. The minimum atomic E-state index is 0.754. The van der Waals surface area contributed by atoms with E-state index in [4.69, 9.17) is 0 Å². The molecule has 0 aromatic carbocycles. The maximum absolute atomic E-state index is 4.40. The predicted molar refractivity (Wildman–Crippen MR) is 60.3 cm³/mol. The number of allylic oxidation sites excluding steroid dienone is 2. The van der Waals surface area contributed by atoms with E-state index in [1.54, 1.807) is 6.33 Å². The van der Waals surface area contributed by atoms with Crippen LogP contribution in [0.3, 0.4) is 0 Å². The molecule has 2 aromatic heterocycles. The Balaban J connectivity index is 2.15. The molecule has 1 atom stereocenters. The van der Waals surface area contributed by atoms with E-state index in [-0.39, 0.29) is 0 Å². The lowest BCUT2D eigenvalue weighted by Crippen LogP contribution is -1.92. The van der Waals surface area contributed by atoms with Gasteiger partial charge in [0.05, 0.1) is 5.69 Å². The minimum Gasteiger partial charge on any atom is -0.346 e. The topological polar surface area (TPSA) is 41.6 Å². The van der Waals surface area contributed by atoms with Crippen LogP contribution in [0.5, 0.6) is 0 Å². The van der Waals surface area contributed by atoms with E-state index >= 15 is 0 Å². The number of fused-ring (bicyclic) bond motifs is 1. The van der Waals surface area contributed by atoms with Gasteiger partial charge in [-0.3, -0.25) is 0 Å². The fourth-order valence-corrected chi connectivity index (χ4v) is 2.21. The first-order valence-electron chi connectivity index (χ1n) is 5.32. The third-order valence-electron chi connectivity index (χ3n) is 2.99. The second kappa shape index (κ2) is 3.19. The number of H-pyrrole nitrogens is 1. The van der Waals surface area contributed by atoms with Gasteiger partial charge in [0.2, 0.25) is 0 Å². The zero-order valence-electron chi connectivity index (χ0n) is 8.70. The first kappa shape index (κ1) is 8.65. The largest absolute Gasteiger partial charge is 0.346 e. The van der Waals surface area contributed by atoms with E-state index in [1.165, 1.54) is 12.0 Å². The quantitative estimate of drug-likeness (QED) is 0.767. The van der Waals surface area contributed by atoms with Gasteiger partial charge in [0.1, 0.15) is 12.0 Å². The van der Waals surface area contributed by atoms with Crippen molar-refractivity contribution in [1.82, 2.24) is 15.0 Å². The Bertz CT molecular complexity index is 524. The molecule has 76 valence electrons. The molecule has 3 heteroatoms. The van der Waals surface area contributed by atoms with Gasteiger partial charge in [0.25, 0.3) is 0 Å². The second-order valence-electron chi connectivity index (χ2n) is 4.24. The molecule has 0 saturated heterocycles. The molecule has 0 aliphatic heterocycles. The molecule has 0 saturated carbocycles. The SMILES string of the molecule is CC1CC=C(c2ncnc3[nH]ccc23)C1. The van der Waals surface area contributed by atoms with Crippen molar-refractivity contribution in [3.8, 4) is 0 Å². The van der Waals surface area contributed by atoms with Gasteiger partial charge in [-0.2, -0.15) is 0 Å². The van der Waals surface area contributed by atoms with Crippen molar-refractivity contribution >= 4 is 16.6 Å². The first-order chi connectivity index (χ1) is 7.34. The average molecular weight is 199 g/mol. The number of hydrogen-bond acceptors (Lipinski definition) is 2. The molecule has 0 spiro atoms. The zero-order chi connectivity index (χ0) is 10.3. The van der Waals surface area contributed by atoms with Crippen LogP contribution in [0.4, 0.5) is 0 Å². The summed E-state index contributed by atoms with van der Waals surface area (Å²) in [5.41, 5.74) is 3.40. The zero-order valence-corrected chi connectivity index (χ0v) is 8.70. The fourth-order valence-electron chi connectivity index (χ4n) is 2.21. The number of rotatable bonds is 1. The van der Waals surface area contributed by atoms with E-state index in [9.17, 15) is 0 Å². The maximum atomic E-state index is 4.40. The van der Waals surface area contributed by atoms with Crippen LogP contribution in [0.2, 0.25) is 0 Å². The number of nitrogens with one attached hydrogen (secondary N) is 1. The summed E-state index contributed by atoms with van der Waals surface area (Å²) < 4.78 is 0. The van der Waals surface area contributed by atoms with Crippen molar-refractivity contribution in [3.63, 3.8) is 0 Å². The summed E-state index contributed by atoms with van der Waals surface area (Å²) >= 11 is 0. The van der Waals surface area contributed by atoms with Crippen molar-refractivity contribution in [2.75, 3.05) is 0 Å². The third-order valence-corrected chi connectivity index (χ3v) is 2.99. The predicted octanol–water partition coefficient (Wildman–Crippen LogP) is 2.77. The minimum absolute atomic E-state index is 0.754. The summed E-state index contributed by atoms with van der Waals surface area (Å²) in [6.07, 6.45) is 8.17. The van der Waals surface area contributed by atoms with E-state index < -0.39 is 0 Å². The van der Waals surface area contributed by atoms with Crippen LogP contribution in [-0.2, 0) is 0 Å². The van der Waals surface area contributed by atoms with Crippen molar-refractivity contribution in [2.24, 2.45) is 5.92 Å². The molecule has 15 heavy (non-hydrogen) atoms. The van der Waals surface area contributed by atoms with E-state index in [0.717, 1.165) is 29.1 Å². The summed E-state index contributed by atoms with van der Waals surface area (Å²) in [5.74, 6) is 0.754. The Morgan fingerprint density at radius 1 is 1.40 bits per heavy atom. The summed E-state index contributed by atoms with van der Waals surface area (Å²) in [6.45, 7) is 2.28. The first-order valence-corrected chi connectivity index (χ1v) is 5.32. The fraction of sp³-hybridized carbons (Fsp3) is 0.333. The molecule has 0 amide bonds.